The molecule has 0 saturated heterocycles. The number of hydrogen-bond donors (Lipinski definition) is 0. The number of nitrogens with zero attached hydrogens (tertiary/aromatic N) is 1. The van der Waals surface area contributed by atoms with Crippen LogP contribution in [-0.2, 0) is 5.33 Å². The first-order chi connectivity index (χ1) is 7.01. The number of halogens is 1. The normalized spacial score (nSPS) is 11.5. The largest absolute Gasteiger partial charge is 0.369 e. The highest BCUT2D eigenvalue weighted by molar-refractivity contribution is 9.08. The van der Waals surface area contributed by atoms with Crippen molar-refractivity contribution in [3.8, 4) is 0 Å². The van der Waals surface area contributed by atoms with Crippen LogP contribution in [0.4, 0.5) is 5.69 Å². The molecular weight excluding hydrogens is 250 g/mol. The van der Waals surface area contributed by atoms with Crippen molar-refractivity contribution in [2.75, 3.05) is 11.9 Å². The van der Waals surface area contributed by atoms with Gasteiger partial charge in [-0.25, -0.2) is 0 Å². The SMILES string of the molecule is CCC(C)(C)N(C)c1ccc(CBr)cc1. The summed E-state index contributed by atoms with van der Waals surface area (Å²) in [6, 6.07) is 8.72. The van der Waals surface area contributed by atoms with Gasteiger partial charge in [-0.2, -0.15) is 0 Å². The van der Waals surface area contributed by atoms with Crippen LogP contribution in [0.15, 0.2) is 24.3 Å². The Morgan fingerprint density at radius 2 is 1.73 bits per heavy atom. The third-order valence-corrected chi connectivity index (χ3v) is 3.90. The van der Waals surface area contributed by atoms with Gasteiger partial charge in [-0.15, -0.1) is 0 Å². The molecule has 0 fully saturated rings. The van der Waals surface area contributed by atoms with Crippen molar-refractivity contribution in [2.45, 2.75) is 38.1 Å². The summed E-state index contributed by atoms with van der Waals surface area (Å²) in [5, 5.41) is 0.925. The summed E-state index contributed by atoms with van der Waals surface area (Å²) in [6.07, 6.45) is 1.14. The average molecular weight is 270 g/mol. The first-order valence-electron chi connectivity index (χ1n) is 5.40. The minimum Gasteiger partial charge on any atom is -0.369 e. The summed E-state index contributed by atoms with van der Waals surface area (Å²) in [5.74, 6) is 0. The lowest BCUT2D eigenvalue weighted by Crippen LogP contribution is -2.40. The van der Waals surface area contributed by atoms with E-state index in [0.717, 1.165) is 11.8 Å². The number of hydrogen-bond acceptors (Lipinski definition) is 1. The first-order valence-corrected chi connectivity index (χ1v) is 6.52. The van der Waals surface area contributed by atoms with Gasteiger partial charge in [-0.3, -0.25) is 0 Å². The molecule has 0 aromatic heterocycles. The van der Waals surface area contributed by atoms with Gasteiger partial charge in [0.25, 0.3) is 0 Å². The summed E-state index contributed by atoms with van der Waals surface area (Å²) < 4.78 is 0. The van der Waals surface area contributed by atoms with Gasteiger partial charge < -0.3 is 4.90 Å². The topological polar surface area (TPSA) is 3.24 Å². The second kappa shape index (κ2) is 5.02. The summed E-state index contributed by atoms with van der Waals surface area (Å²) in [5.41, 5.74) is 2.82. The summed E-state index contributed by atoms with van der Waals surface area (Å²) in [6.45, 7) is 6.76. The zero-order valence-corrected chi connectivity index (χ0v) is 11.6. The van der Waals surface area contributed by atoms with Crippen LogP contribution in [0.5, 0.6) is 0 Å². The Balaban J connectivity index is 2.87. The fourth-order valence-electron chi connectivity index (χ4n) is 1.40. The molecule has 0 saturated carbocycles. The molecular formula is C13H20BrN. The quantitative estimate of drug-likeness (QED) is 0.741. The van der Waals surface area contributed by atoms with Gasteiger partial charge in [0, 0.05) is 23.6 Å². The Labute approximate surface area is 102 Å². The molecule has 0 atom stereocenters. The summed E-state index contributed by atoms with van der Waals surface area (Å²) in [4.78, 5) is 2.34. The smallest absolute Gasteiger partial charge is 0.0368 e. The van der Waals surface area contributed by atoms with E-state index in [1.807, 2.05) is 0 Å². The second-order valence-electron chi connectivity index (χ2n) is 4.53. The number of benzene rings is 1. The predicted octanol–water partition coefficient (Wildman–Crippen LogP) is 4.21. The Bertz CT molecular complexity index is 303. The molecule has 2 heteroatoms. The standard InChI is InChI=1S/C13H20BrN/c1-5-13(2,3)15(4)12-8-6-11(10-14)7-9-12/h6-9H,5,10H2,1-4H3. The molecule has 0 aliphatic heterocycles. The summed E-state index contributed by atoms with van der Waals surface area (Å²) >= 11 is 3.46. The molecule has 84 valence electrons. The van der Waals surface area contributed by atoms with Crippen LogP contribution in [0.25, 0.3) is 0 Å². The minimum atomic E-state index is 0.218. The van der Waals surface area contributed by atoms with Crippen LogP contribution in [0.1, 0.15) is 32.8 Å². The van der Waals surface area contributed by atoms with E-state index in [1.54, 1.807) is 0 Å². The van der Waals surface area contributed by atoms with Crippen molar-refractivity contribution in [3.63, 3.8) is 0 Å². The fourth-order valence-corrected chi connectivity index (χ4v) is 1.77. The van der Waals surface area contributed by atoms with Crippen LogP contribution >= 0.6 is 15.9 Å². The van der Waals surface area contributed by atoms with Gasteiger partial charge >= 0.3 is 0 Å². The average Bonchev–Trinajstić information content (AvgIpc) is 2.28. The zero-order chi connectivity index (χ0) is 11.5. The second-order valence-corrected chi connectivity index (χ2v) is 5.09. The molecule has 0 radical (unpaired) electrons. The lowest BCUT2D eigenvalue weighted by molar-refractivity contribution is 0.471. The van der Waals surface area contributed by atoms with Crippen molar-refractivity contribution < 1.29 is 0 Å². The molecule has 0 bridgehead atoms. The minimum absolute atomic E-state index is 0.218. The lowest BCUT2D eigenvalue weighted by Gasteiger charge is -2.36. The zero-order valence-electron chi connectivity index (χ0n) is 10.0. The highest BCUT2D eigenvalue weighted by Crippen LogP contribution is 2.25. The van der Waals surface area contributed by atoms with Gasteiger partial charge in [0.1, 0.15) is 0 Å². The highest BCUT2D eigenvalue weighted by Gasteiger charge is 2.20. The predicted molar refractivity (Wildman–Crippen MR) is 71.8 cm³/mol. The van der Waals surface area contributed by atoms with Gasteiger partial charge in [-0.05, 0) is 38.0 Å². The summed E-state index contributed by atoms with van der Waals surface area (Å²) in [7, 11) is 2.16. The van der Waals surface area contributed by atoms with E-state index in [4.69, 9.17) is 0 Å². The maximum atomic E-state index is 3.46. The molecule has 0 N–H and O–H groups in total. The Kier molecular flexibility index (Phi) is 4.21. The lowest BCUT2D eigenvalue weighted by atomic mass is 9.99. The van der Waals surface area contributed by atoms with Crippen LogP contribution < -0.4 is 4.90 Å². The molecule has 0 unspecified atom stereocenters. The van der Waals surface area contributed by atoms with E-state index in [9.17, 15) is 0 Å². The maximum absolute atomic E-state index is 3.46. The van der Waals surface area contributed by atoms with E-state index in [2.05, 4.69) is 72.9 Å². The monoisotopic (exact) mass is 269 g/mol. The number of anilines is 1. The van der Waals surface area contributed by atoms with Gasteiger partial charge in [0.05, 0.1) is 0 Å². The molecule has 1 aromatic carbocycles. The Morgan fingerprint density at radius 3 is 2.13 bits per heavy atom. The number of alkyl halides is 1. The first kappa shape index (κ1) is 12.6. The van der Waals surface area contributed by atoms with E-state index < -0.39 is 0 Å². The molecule has 0 heterocycles. The molecule has 0 spiro atoms. The third kappa shape index (κ3) is 2.97. The van der Waals surface area contributed by atoms with Crippen molar-refractivity contribution >= 4 is 21.6 Å². The van der Waals surface area contributed by atoms with Gasteiger partial charge in [0.15, 0.2) is 0 Å². The Morgan fingerprint density at radius 1 is 1.20 bits per heavy atom. The van der Waals surface area contributed by atoms with Crippen molar-refractivity contribution in [1.29, 1.82) is 0 Å². The fraction of sp³-hybridized carbons (Fsp3) is 0.538. The van der Waals surface area contributed by atoms with Gasteiger partial charge in [-0.1, -0.05) is 35.0 Å². The van der Waals surface area contributed by atoms with Crippen LogP contribution in [0.2, 0.25) is 0 Å². The molecule has 1 nitrogen and oxygen atoms in total. The maximum Gasteiger partial charge on any atom is 0.0368 e. The number of rotatable bonds is 4. The van der Waals surface area contributed by atoms with Crippen molar-refractivity contribution in [3.05, 3.63) is 29.8 Å². The van der Waals surface area contributed by atoms with Gasteiger partial charge in [0.2, 0.25) is 0 Å². The molecule has 15 heavy (non-hydrogen) atoms. The van der Waals surface area contributed by atoms with E-state index >= 15 is 0 Å². The van der Waals surface area contributed by atoms with Crippen LogP contribution in [0.3, 0.4) is 0 Å². The Hall–Kier alpha value is -0.500. The molecule has 0 aliphatic carbocycles. The highest BCUT2D eigenvalue weighted by atomic mass is 79.9. The third-order valence-electron chi connectivity index (χ3n) is 3.25. The molecule has 0 aliphatic rings. The molecule has 1 rings (SSSR count). The molecule has 1 aromatic rings. The van der Waals surface area contributed by atoms with Crippen LogP contribution in [-0.4, -0.2) is 12.6 Å². The van der Waals surface area contributed by atoms with Crippen molar-refractivity contribution in [2.24, 2.45) is 0 Å². The van der Waals surface area contributed by atoms with E-state index in [1.165, 1.54) is 11.3 Å². The van der Waals surface area contributed by atoms with Crippen molar-refractivity contribution in [1.82, 2.24) is 0 Å². The van der Waals surface area contributed by atoms with E-state index in [0.29, 0.717) is 0 Å². The van der Waals surface area contributed by atoms with Crippen LogP contribution in [0, 0.1) is 0 Å². The van der Waals surface area contributed by atoms with E-state index in [-0.39, 0.29) is 5.54 Å². The molecule has 0 amide bonds.